The van der Waals surface area contributed by atoms with E-state index >= 15 is 0 Å². The monoisotopic (exact) mass is 312 g/mol. The zero-order chi connectivity index (χ0) is 16.0. The lowest BCUT2D eigenvalue weighted by molar-refractivity contribution is -0.121. The molecule has 5 heteroatoms. The molecule has 120 valence electrons. The molecule has 1 amide bonds. The number of hydrogen-bond donors (Lipinski definition) is 1. The number of rotatable bonds is 2. The van der Waals surface area contributed by atoms with Gasteiger partial charge in [0, 0.05) is 37.2 Å². The summed E-state index contributed by atoms with van der Waals surface area (Å²) < 4.78 is 5.65. The molecule has 2 atom stereocenters. The van der Waals surface area contributed by atoms with E-state index in [1.807, 2.05) is 25.1 Å². The molecule has 0 unspecified atom stereocenters. The Morgan fingerprint density at radius 3 is 2.96 bits per heavy atom. The highest BCUT2D eigenvalue weighted by atomic mass is 16.3. The van der Waals surface area contributed by atoms with E-state index in [9.17, 15) is 9.59 Å². The van der Waals surface area contributed by atoms with Crippen molar-refractivity contribution in [3.05, 3.63) is 45.8 Å². The molecule has 1 aromatic heterocycles. The second-order valence-corrected chi connectivity index (χ2v) is 6.66. The predicted molar refractivity (Wildman–Crippen MR) is 87.2 cm³/mol. The largest absolute Gasteiger partial charge is 0.464 e. The maximum Gasteiger partial charge on any atom is 0.221 e. The van der Waals surface area contributed by atoms with Gasteiger partial charge in [0.05, 0.1) is 11.6 Å². The van der Waals surface area contributed by atoms with Gasteiger partial charge in [0.15, 0.2) is 5.43 Å². The van der Waals surface area contributed by atoms with Crippen molar-refractivity contribution in [1.29, 1.82) is 0 Å². The maximum absolute atomic E-state index is 12.8. The molecule has 2 aromatic rings. The summed E-state index contributed by atoms with van der Waals surface area (Å²) in [7, 11) is 0. The van der Waals surface area contributed by atoms with Gasteiger partial charge >= 0.3 is 0 Å². The van der Waals surface area contributed by atoms with Crippen molar-refractivity contribution >= 4 is 16.9 Å². The molecule has 5 nitrogen and oxygen atoms in total. The van der Waals surface area contributed by atoms with E-state index in [1.54, 1.807) is 6.26 Å². The normalized spacial score (nSPS) is 24.7. The highest BCUT2D eigenvalue weighted by Gasteiger charge is 2.37. The Hall–Kier alpha value is -2.14. The fourth-order valence-electron chi connectivity index (χ4n) is 3.82. The van der Waals surface area contributed by atoms with E-state index < -0.39 is 0 Å². The Kier molecular flexibility index (Phi) is 3.45. The number of carbonyl (C=O) groups is 1. The van der Waals surface area contributed by atoms with Crippen molar-refractivity contribution < 1.29 is 9.21 Å². The van der Waals surface area contributed by atoms with Crippen LogP contribution in [0.15, 0.2) is 33.7 Å². The number of aryl methyl sites for hydroxylation is 1. The van der Waals surface area contributed by atoms with Gasteiger partial charge in [-0.05, 0) is 31.9 Å². The number of fused-ring (bicyclic) bond motifs is 3. The average Bonchev–Trinajstić information content (AvgIpc) is 2.81. The van der Waals surface area contributed by atoms with E-state index in [0.717, 1.165) is 18.4 Å². The molecule has 2 fully saturated rings. The van der Waals surface area contributed by atoms with Crippen molar-refractivity contribution in [3.8, 4) is 0 Å². The van der Waals surface area contributed by atoms with Crippen LogP contribution in [-0.2, 0) is 11.3 Å². The maximum atomic E-state index is 12.8. The highest BCUT2D eigenvalue weighted by molar-refractivity contribution is 5.78. The standard InChI is InChI=1S/C18H20N2O3/c1-11-2-5-16-15(6-11)18(22)12(10-23-16)9-20-13-3-4-14(20)8-19-17(21)7-13/h2,5-6,10,13-14H,3-4,7-9H2,1H3,(H,19,21)/t13-,14+/m0/s1. The molecule has 2 aliphatic heterocycles. The van der Waals surface area contributed by atoms with E-state index in [4.69, 9.17) is 4.42 Å². The summed E-state index contributed by atoms with van der Waals surface area (Å²) in [6.07, 6.45) is 4.20. The van der Waals surface area contributed by atoms with Crippen molar-refractivity contribution in [2.45, 2.75) is 44.8 Å². The summed E-state index contributed by atoms with van der Waals surface area (Å²) in [6, 6.07) is 6.21. The minimum Gasteiger partial charge on any atom is -0.464 e. The van der Waals surface area contributed by atoms with Gasteiger partial charge in [-0.3, -0.25) is 14.5 Å². The van der Waals surface area contributed by atoms with Gasteiger partial charge in [0.1, 0.15) is 5.58 Å². The summed E-state index contributed by atoms with van der Waals surface area (Å²) in [5.74, 6) is 0.114. The number of nitrogens with one attached hydrogen (secondary N) is 1. The summed E-state index contributed by atoms with van der Waals surface area (Å²) in [4.78, 5) is 26.8. The quantitative estimate of drug-likeness (QED) is 0.921. The van der Waals surface area contributed by atoms with Gasteiger partial charge in [0.25, 0.3) is 0 Å². The molecule has 3 heterocycles. The van der Waals surface area contributed by atoms with Crippen molar-refractivity contribution in [2.75, 3.05) is 6.54 Å². The van der Waals surface area contributed by atoms with Crippen molar-refractivity contribution in [2.24, 2.45) is 0 Å². The Bertz CT molecular complexity index is 827. The third kappa shape index (κ3) is 2.55. The molecular formula is C18H20N2O3. The van der Waals surface area contributed by atoms with Gasteiger partial charge in [0.2, 0.25) is 5.91 Å². The minimum absolute atomic E-state index is 0.0397. The van der Waals surface area contributed by atoms with Gasteiger partial charge in [-0.15, -0.1) is 0 Å². The van der Waals surface area contributed by atoms with Crippen LogP contribution in [0.3, 0.4) is 0 Å². The smallest absolute Gasteiger partial charge is 0.221 e. The number of benzene rings is 1. The molecule has 0 aliphatic carbocycles. The summed E-state index contributed by atoms with van der Waals surface area (Å²) in [5, 5.41) is 3.60. The molecule has 23 heavy (non-hydrogen) atoms. The predicted octanol–water partition coefficient (Wildman–Crippen LogP) is 1.95. The number of carbonyl (C=O) groups excluding carboxylic acids is 1. The van der Waals surface area contributed by atoms with Crippen LogP contribution in [0.25, 0.3) is 11.0 Å². The molecular weight excluding hydrogens is 292 g/mol. The van der Waals surface area contributed by atoms with Crippen LogP contribution in [0.4, 0.5) is 0 Å². The minimum atomic E-state index is 0.0397. The Balaban J connectivity index is 1.69. The highest BCUT2D eigenvalue weighted by Crippen LogP contribution is 2.29. The van der Waals surface area contributed by atoms with E-state index in [2.05, 4.69) is 10.2 Å². The lowest BCUT2D eigenvalue weighted by Crippen LogP contribution is -2.38. The summed E-state index contributed by atoms with van der Waals surface area (Å²) >= 11 is 0. The SMILES string of the molecule is Cc1ccc2occ(CN3[C@@H]4CC[C@H]3CC(=O)NC4)c(=O)c2c1. The second-order valence-electron chi connectivity index (χ2n) is 6.66. The molecule has 1 N–H and O–H groups in total. The molecule has 0 saturated carbocycles. The van der Waals surface area contributed by atoms with Crippen LogP contribution < -0.4 is 10.7 Å². The third-order valence-corrected chi connectivity index (χ3v) is 5.08. The number of amides is 1. The third-order valence-electron chi connectivity index (χ3n) is 5.08. The molecule has 0 radical (unpaired) electrons. The molecule has 4 rings (SSSR count). The zero-order valence-corrected chi connectivity index (χ0v) is 13.2. The van der Waals surface area contributed by atoms with Crippen LogP contribution in [0.5, 0.6) is 0 Å². The Morgan fingerprint density at radius 1 is 1.26 bits per heavy atom. The van der Waals surface area contributed by atoms with Crippen molar-refractivity contribution in [1.82, 2.24) is 10.2 Å². The van der Waals surface area contributed by atoms with Crippen LogP contribution >= 0.6 is 0 Å². The van der Waals surface area contributed by atoms with Gasteiger partial charge < -0.3 is 9.73 Å². The number of nitrogens with zero attached hydrogens (tertiary/aromatic N) is 1. The van der Waals surface area contributed by atoms with E-state index in [1.165, 1.54) is 0 Å². The fraction of sp³-hybridized carbons (Fsp3) is 0.444. The first-order chi connectivity index (χ1) is 11.1. The van der Waals surface area contributed by atoms with E-state index in [0.29, 0.717) is 42.1 Å². The summed E-state index contributed by atoms with van der Waals surface area (Å²) in [6.45, 7) is 3.20. The van der Waals surface area contributed by atoms with Crippen LogP contribution in [0, 0.1) is 6.92 Å². The molecule has 2 bridgehead atoms. The van der Waals surface area contributed by atoms with Gasteiger partial charge in [-0.2, -0.15) is 0 Å². The van der Waals surface area contributed by atoms with E-state index in [-0.39, 0.29) is 17.4 Å². The van der Waals surface area contributed by atoms with Crippen LogP contribution in [0.1, 0.15) is 30.4 Å². The number of hydrogen-bond acceptors (Lipinski definition) is 4. The van der Waals surface area contributed by atoms with Gasteiger partial charge in [-0.1, -0.05) is 11.6 Å². The lowest BCUT2D eigenvalue weighted by Gasteiger charge is -2.26. The first kappa shape index (κ1) is 14.5. The van der Waals surface area contributed by atoms with Crippen LogP contribution in [0.2, 0.25) is 0 Å². The van der Waals surface area contributed by atoms with Crippen molar-refractivity contribution in [3.63, 3.8) is 0 Å². The Morgan fingerprint density at radius 2 is 2.09 bits per heavy atom. The molecule has 0 spiro atoms. The molecule has 2 saturated heterocycles. The fourth-order valence-corrected chi connectivity index (χ4v) is 3.82. The lowest BCUT2D eigenvalue weighted by atomic mass is 10.1. The first-order valence-corrected chi connectivity index (χ1v) is 8.15. The second kappa shape index (κ2) is 5.49. The first-order valence-electron chi connectivity index (χ1n) is 8.15. The topological polar surface area (TPSA) is 62.6 Å². The zero-order valence-electron chi connectivity index (χ0n) is 13.2. The molecule has 2 aliphatic rings. The Labute approximate surface area is 134 Å². The van der Waals surface area contributed by atoms with Crippen LogP contribution in [-0.4, -0.2) is 29.4 Å². The molecule has 1 aromatic carbocycles. The average molecular weight is 312 g/mol. The summed E-state index contributed by atoms with van der Waals surface area (Å²) in [5.41, 5.74) is 2.39. The van der Waals surface area contributed by atoms with Gasteiger partial charge in [-0.25, -0.2) is 0 Å².